The van der Waals surface area contributed by atoms with Gasteiger partial charge in [0.25, 0.3) is 5.78 Å². The second-order valence-corrected chi connectivity index (χ2v) is 4.09. The number of halogens is 1. The zero-order valence-electron chi connectivity index (χ0n) is 9.03. The number of carbonyl (C=O) groups excluding carboxylic acids is 1. The van der Waals surface area contributed by atoms with Crippen molar-refractivity contribution in [2.24, 2.45) is 0 Å². The van der Waals surface area contributed by atoms with Crippen molar-refractivity contribution in [3.8, 4) is 0 Å². The minimum absolute atomic E-state index is 0.0972. The van der Waals surface area contributed by atoms with Gasteiger partial charge in [0.1, 0.15) is 0 Å². The molecule has 1 aromatic carbocycles. The van der Waals surface area contributed by atoms with E-state index in [1.54, 1.807) is 6.07 Å². The average molecular weight is 242 g/mol. The van der Waals surface area contributed by atoms with E-state index in [1.807, 2.05) is 19.0 Å². The van der Waals surface area contributed by atoms with E-state index in [1.165, 1.54) is 12.1 Å². The Morgan fingerprint density at radius 3 is 2.44 bits per heavy atom. The maximum atomic E-state index is 11.2. The largest absolute Gasteiger partial charge is 0.475 e. The number of benzene rings is 1. The van der Waals surface area contributed by atoms with E-state index in [2.05, 4.69) is 0 Å². The zero-order chi connectivity index (χ0) is 12.3. The molecule has 0 aromatic heterocycles. The lowest BCUT2D eigenvalue weighted by atomic mass is 10.1. The molecule has 0 bridgehead atoms. The van der Waals surface area contributed by atoms with Gasteiger partial charge in [0.05, 0.1) is 0 Å². The van der Waals surface area contributed by atoms with Crippen molar-refractivity contribution in [3.05, 3.63) is 34.3 Å². The molecule has 4 nitrogen and oxygen atoms in total. The van der Waals surface area contributed by atoms with Crippen molar-refractivity contribution in [1.29, 1.82) is 0 Å². The lowest BCUT2D eigenvalue weighted by Gasteiger charge is -2.11. The van der Waals surface area contributed by atoms with E-state index in [-0.39, 0.29) is 5.56 Å². The summed E-state index contributed by atoms with van der Waals surface area (Å²) in [4.78, 5) is 23.6. The van der Waals surface area contributed by atoms with Crippen LogP contribution in [0.5, 0.6) is 0 Å². The SMILES string of the molecule is CN(C)Cc1ccc(C(=O)C(=O)O)cc1Cl. The van der Waals surface area contributed by atoms with Crippen LogP contribution >= 0.6 is 11.6 Å². The van der Waals surface area contributed by atoms with Gasteiger partial charge in [-0.1, -0.05) is 23.7 Å². The van der Waals surface area contributed by atoms with Crippen LogP contribution in [0.3, 0.4) is 0 Å². The number of rotatable bonds is 4. The fraction of sp³-hybridized carbons (Fsp3) is 0.273. The molecular weight excluding hydrogens is 230 g/mol. The van der Waals surface area contributed by atoms with Crippen LogP contribution in [0.2, 0.25) is 5.02 Å². The van der Waals surface area contributed by atoms with Gasteiger partial charge in [-0.15, -0.1) is 0 Å². The maximum Gasteiger partial charge on any atom is 0.377 e. The van der Waals surface area contributed by atoms with Gasteiger partial charge in [0, 0.05) is 17.1 Å². The molecule has 16 heavy (non-hydrogen) atoms. The number of nitrogens with zero attached hydrogens (tertiary/aromatic N) is 1. The van der Waals surface area contributed by atoms with Gasteiger partial charge in [-0.05, 0) is 25.7 Å². The van der Waals surface area contributed by atoms with Gasteiger partial charge in [0.15, 0.2) is 0 Å². The smallest absolute Gasteiger partial charge is 0.377 e. The maximum absolute atomic E-state index is 11.2. The highest BCUT2D eigenvalue weighted by atomic mass is 35.5. The summed E-state index contributed by atoms with van der Waals surface area (Å²) in [6.45, 7) is 0.639. The summed E-state index contributed by atoms with van der Waals surface area (Å²) in [7, 11) is 3.79. The molecule has 5 heteroatoms. The number of hydrogen-bond donors (Lipinski definition) is 1. The first kappa shape index (κ1) is 12.7. The molecule has 1 aromatic rings. The number of ketones is 1. The van der Waals surface area contributed by atoms with Crippen LogP contribution in [0.15, 0.2) is 18.2 Å². The standard InChI is InChI=1S/C11H12ClNO3/c1-13(2)6-8-4-3-7(5-9(8)12)10(14)11(15)16/h3-5H,6H2,1-2H3,(H,15,16). The van der Waals surface area contributed by atoms with Crippen LogP contribution in [-0.4, -0.2) is 35.9 Å². The number of hydrogen-bond acceptors (Lipinski definition) is 3. The predicted molar refractivity (Wildman–Crippen MR) is 60.8 cm³/mol. The zero-order valence-corrected chi connectivity index (χ0v) is 9.78. The molecule has 0 spiro atoms. The quantitative estimate of drug-likeness (QED) is 0.644. The highest BCUT2D eigenvalue weighted by Crippen LogP contribution is 2.19. The summed E-state index contributed by atoms with van der Waals surface area (Å²) in [6.07, 6.45) is 0. The number of carbonyl (C=O) groups is 2. The van der Waals surface area contributed by atoms with Gasteiger partial charge in [-0.25, -0.2) is 4.79 Å². The van der Waals surface area contributed by atoms with Crippen molar-refractivity contribution in [3.63, 3.8) is 0 Å². The number of carboxylic acid groups (broad SMARTS) is 1. The van der Waals surface area contributed by atoms with Crippen molar-refractivity contribution in [2.45, 2.75) is 6.54 Å². The number of carboxylic acids is 1. The third kappa shape index (κ3) is 3.05. The summed E-state index contributed by atoms with van der Waals surface area (Å²) in [5, 5.41) is 8.94. The van der Waals surface area contributed by atoms with Gasteiger partial charge in [-0.3, -0.25) is 4.79 Å². The number of Topliss-reactive ketones (excluding diaryl/α,β-unsaturated/α-hetero) is 1. The molecule has 0 saturated carbocycles. The normalized spacial score (nSPS) is 10.5. The lowest BCUT2D eigenvalue weighted by molar-refractivity contribution is -0.131. The molecule has 1 N–H and O–H groups in total. The molecule has 0 aliphatic heterocycles. The van der Waals surface area contributed by atoms with Crippen LogP contribution < -0.4 is 0 Å². The third-order valence-corrected chi connectivity index (χ3v) is 2.35. The molecule has 0 amide bonds. The summed E-state index contributed by atoms with van der Waals surface area (Å²) in [5.41, 5.74) is 0.952. The summed E-state index contributed by atoms with van der Waals surface area (Å²) >= 11 is 5.95. The van der Waals surface area contributed by atoms with Crippen molar-refractivity contribution in [2.75, 3.05) is 14.1 Å². The molecule has 0 atom stereocenters. The first-order valence-electron chi connectivity index (χ1n) is 4.62. The minimum atomic E-state index is -1.48. The Morgan fingerprint density at radius 1 is 1.38 bits per heavy atom. The molecule has 0 unspecified atom stereocenters. The number of aliphatic carboxylic acids is 1. The van der Waals surface area contributed by atoms with E-state index in [0.717, 1.165) is 5.56 Å². The Labute approximate surface area is 98.4 Å². The minimum Gasteiger partial charge on any atom is -0.475 e. The van der Waals surface area contributed by atoms with Crippen molar-refractivity contribution < 1.29 is 14.7 Å². The van der Waals surface area contributed by atoms with E-state index in [4.69, 9.17) is 16.7 Å². The van der Waals surface area contributed by atoms with Gasteiger partial charge >= 0.3 is 5.97 Å². The highest BCUT2D eigenvalue weighted by Gasteiger charge is 2.15. The Bertz CT molecular complexity index is 429. The first-order valence-corrected chi connectivity index (χ1v) is 5.00. The fourth-order valence-corrected chi connectivity index (χ4v) is 1.52. The third-order valence-electron chi connectivity index (χ3n) is 2.00. The average Bonchev–Trinajstić information content (AvgIpc) is 2.19. The topological polar surface area (TPSA) is 57.6 Å². The summed E-state index contributed by atoms with van der Waals surface area (Å²) < 4.78 is 0. The van der Waals surface area contributed by atoms with E-state index < -0.39 is 11.8 Å². The monoisotopic (exact) mass is 241 g/mol. The van der Waals surface area contributed by atoms with E-state index in [9.17, 15) is 9.59 Å². The van der Waals surface area contributed by atoms with Crippen molar-refractivity contribution >= 4 is 23.4 Å². The Hall–Kier alpha value is -1.39. The van der Waals surface area contributed by atoms with Gasteiger partial charge in [-0.2, -0.15) is 0 Å². The van der Waals surface area contributed by atoms with Crippen LogP contribution in [0.4, 0.5) is 0 Å². The molecule has 0 saturated heterocycles. The highest BCUT2D eigenvalue weighted by molar-refractivity contribution is 6.40. The van der Waals surface area contributed by atoms with Crippen LogP contribution in [0, 0.1) is 0 Å². The molecular formula is C11H12ClNO3. The van der Waals surface area contributed by atoms with E-state index >= 15 is 0 Å². The molecule has 0 radical (unpaired) electrons. The Balaban J connectivity index is 2.99. The summed E-state index contributed by atoms with van der Waals surface area (Å²) in [6, 6.07) is 4.52. The molecule has 0 heterocycles. The molecule has 86 valence electrons. The Kier molecular flexibility index (Phi) is 4.04. The van der Waals surface area contributed by atoms with Crippen LogP contribution in [0.25, 0.3) is 0 Å². The Morgan fingerprint density at radius 2 is 2.00 bits per heavy atom. The van der Waals surface area contributed by atoms with Gasteiger partial charge in [0.2, 0.25) is 0 Å². The van der Waals surface area contributed by atoms with Gasteiger partial charge < -0.3 is 10.0 Å². The molecule has 0 aliphatic rings. The fourth-order valence-electron chi connectivity index (χ4n) is 1.28. The van der Waals surface area contributed by atoms with E-state index in [0.29, 0.717) is 11.6 Å². The first-order chi connectivity index (χ1) is 7.41. The molecule has 0 aliphatic carbocycles. The summed E-state index contributed by atoms with van der Waals surface area (Å²) in [5.74, 6) is -2.42. The second-order valence-electron chi connectivity index (χ2n) is 3.68. The predicted octanol–water partition coefficient (Wildman–Crippen LogP) is 1.67. The van der Waals surface area contributed by atoms with Crippen LogP contribution in [0.1, 0.15) is 15.9 Å². The second kappa shape index (κ2) is 5.09. The molecule has 0 fully saturated rings. The lowest BCUT2D eigenvalue weighted by Crippen LogP contribution is -2.14. The van der Waals surface area contributed by atoms with Crippen LogP contribution in [-0.2, 0) is 11.3 Å². The molecule has 1 rings (SSSR count). The van der Waals surface area contributed by atoms with Crippen molar-refractivity contribution in [1.82, 2.24) is 4.90 Å².